The Labute approximate surface area is 438 Å². The molecule has 18 atom stereocenters. The number of anilines is 2. The number of carbonyl (C=O) groups excluding carboxylic acids is 3. The van der Waals surface area contributed by atoms with E-state index in [0.29, 0.717) is 57.8 Å². The number of urea groups is 1. The number of hydrogen-bond acceptors (Lipinski definition) is 12. The molecule has 14 nitrogen and oxygen atoms in total. The zero-order valence-corrected chi connectivity index (χ0v) is 45.6. The van der Waals surface area contributed by atoms with Gasteiger partial charge in [-0.05, 0) is 120 Å². The number of hydrogen-bond donors (Lipinski definition) is 5. The number of carboxylic acids is 1. The van der Waals surface area contributed by atoms with Gasteiger partial charge in [0.2, 0.25) is 5.79 Å². The second-order valence-electron chi connectivity index (χ2n) is 21.2. The van der Waals surface area contributed by atoms with Gasteiger partial charge in [0.15, 0.2) is 5.79 Å². The van der Waals surface area contributed by atoms with E-state index < -0.39 is 82.9 Å². The van der Waals surface area contributed by atoms with Gasteiger partial charge in [0.25, 0.3) is 0 Å². The van der Waals surface area contributed by atoms with Crippen LogP contribution in [0, 0.1) is 41.4 Å². The second-order valence-corrected chi connectivity index (χ2v) is 21.2. The van der Waals surface area contributed by atoms with Crippen molar-refractivity contribution in [1.82, 2.24) is 0 Å². The molecule has 0 aromatic heterocycles. The molecule has 384 valence electrons. The van der Waals surface area contributed by atoms with E-state index in [0.717, 1.165) is 17.8 Å². The topological polar surface area (TPSA) is 205 Å². The van der Waals surface area contributed by atoms with Crippen LogP contribution in [0.25, 0.3) is 0 Å². The summed E-state index contributed by atoms with van der Waals surface area (Å²) in [4.78, 5) is 37.8. The molecule has 0 bridgehead atoms. The maximum Gasteiger partial charge on any atom is 1.00 e. The number of rotatable bonds is 14. The first-order valence-electron chi connectivity index (χ1n) is 25.7. The van der Waals surface area contributed by atoms with Crippen molar-refractivity contribution < 1.29 is 88.1 Å². The smallest absolute Gasteiger partial charge is 0.550 e. The largest absolute Gasteiger partial charge is 1.00 e. The van der Waals surface area contributed by atoms with Crippen molar-refractivity contribution >= 4 is 29.2 Å². The average molecular weight is 985 g/mol. The fraction of sp³-hybridized carbons (Fsp3) is 0.691. The van der Waals surface area contributed by atoms with E-state index in [1.807, 2.05) is 102 Å². The summed E-state index contributed by atoms with van der Waals surface area (Å²) >= 11 is 0. The van der Waals surface area contributed by atoms with Gasteiger partial charge >= 0.3 is 35.6 Å². The van der Waals surface area contributed by atoms with Crippen LogP contribution in [0.4, 0.5) is 16.2 Å². The van der Waals surface area contributed by atoms with E-state index in [1.165, 1.54) is 0 Å². The molecule has 7 rings (SSSR count). The Morgan fingerprint density at radius 3 is 1.94 bits per heavy atom. The normalized spacial score (nSPS) is 37.1. The van der Waals surface area contributed by atoms with E-state index in [2.05, 4.69) is 31.4 Å². The van der Waals surface area contributed by atoms with Crippen molar-refractivity contribution in [3.8, 4) is 0 Å². The quantitative estimate of drug-likeness (QED) is 0.123. The van der Waals surface area contributed by atoms with Gasteiger partial charge in [0.05, 0.1) is 47.8 Å². The van der Waals surface area contributed by atoms with Gasteiger partial charge in [-0.3, -0.25) is 4.79 Å². The van der Waals surface area contributed by atoms with E-state index in [9.17, 15) is 34.8 Å². The Bertz CT molecular complexity index is 2010. The van der Waals surface area contributed by atoms with Crippen LogP contribution >= 0.6 is 0 Å². The molecule has 4 fully saturated rings. The molecule has 2 spiro atoms. The summed E-state index contributed by atoms with van der Waals surface area (Å²) in [5, 5.41) is 51.5. The molecular weight excluding hydrogens is 904 g/mol. The second kappa shape index (κ2) is 24.5. The zero-order chi connectivity index (χ0) is 50.5. The minimum absolute atomic E-state index is 0. The van der Waals surface area contributed by atoms with Gasteiger partial charge in [-0.2, -0.15) is 0 Å². The third kappa shape index (κ3) is 12.8. The number of carboxylic acid groups (broad SMARTS) is 1. The van der Waals surface area contributed by atoms with Gasteiger partial charge < -0.3 is 59.5 Å². The van der Waals surface area contributed by atoms with Crippen LogP contribution in [0.5, 0.6) is 0 Å². The maximum atomic E-state index is 14.4. The fourth-order valence-corrected chi connectivity index (χ4v) is 11.8. The number of amides is 2. The Morgan fingerprint density at radius 1 is 0.800 bits per heavy atom. The molecule has 2 aromatic rings. The monoisotopic (exact) mass is 985 g/mol. The number of carbonyl (C=O) groups is 3. The SMILES string of the molecule is CCC(C(=O)[O-])C1CCC(C)C(C(C)C(O)C(C)C(=O)C(CC)C2OC3(C=CC(O)C4(CCC(C)(C5CCC(O)(CC)C(C)O5)O4)O3)C(C)CC2C)O1.O=C(Nc1ccccc1)Nc1ccccc1.[Na+]. The van der Waals surface area contributed by atoms with Crippen molar-refractivity contribution in [2.75, 3.05) is 10.6 Å². The number of benzene rings is 2. The van der Waals surface area contributed by atoms with Crippen molar-refractivity contribution in [3.63, 3.8) is 0 Å². The van der Waals surface area contributed by atoms with E-state index in [1.54, 1.807) is 19.1 Å². The van der Waals surface area contributed by atoms with Gasteiger partial charge in [-0.25, -0.2) is 4.79 Å². The third-order valence-corrected chi connectivity index (χ3v) is 16.5. The van der Waals surface area contributed by atoms with E-state index in [4.69, 9.17) is 23.7 Å². The number of Topliss-reactive ketones (excluding diaryl/α,β-unsaturated/α-hetero) is 1. The van der Waals surface area contributed by atoms with Crippen LogP contribution in [0.1, 0.15) is 133 Å². The molecular formula is C55H81N2NaO12. The van der Waals surface area contributed by atoms with Gasteiger partial charge in [0.1, 0.15) is 11.9 Å². The molecule has 2 amide bonds. The predicted molar refractivity (Wildman–Crippen MR) is 262 cm³/mol. The number of aliphatic carboxylic acids is 1. The van der Waals surface area contributed by atoms with Crippen LogP contribution in [-0.2, 0) is 33.3 Å². The fourth-order valence-electron chi connectivity index (χ4n) is 11.8. The molecule has 2 aromatic carbocycles. The molecule has 18 unspecified atom stereocenters. The van der Waals surface area contributed by atoms with Crippen molar-refractivity contribution in [2.24, 2.45) is 41.4 Å². The molecule has 70 heavy (non-hydrogen) atoms. The zero-order valence-electron chi connectivity index (χ0n) is 43.6. The summed E-state index contributed by atoms with van der Waals surface area (Å²) in [5.41, 5.74) is -0.0879. The maximum absolute atomic E-state index is 14.4. The number of para-hydroxylation sites is 2. The van der Waals surface area contributed by atoms with Crippen LogP contribution in [0.15, 0.2) is 72.8 Å². The van der Waals surface area contributed by atoms with E-state index >= 15 is 0 Å². The Kier molecular flexibility index (Phi) is 20.4. The first-order chi connectivity index (χ1) is 32.6. The minimum Gasteiger partial charge on any atom is -0.550 e. The summed E-state index contributed by atoms with van der Waals surface area (Å²) in [6, 6.07) is 18.4. The van der Waals surface area contributed by atoms with Gasteiger partial charge in [-0.15, -0.1) is 0 Å². The predicted octanol–water partition coefficient (Wildman–Crippen LogP) is 5.19. The molecule has 5 N–H and O–H groups in total. The first kappa shape index (κ1) is 58.2. The molecule has 0 radical (unpaired) electrons. The number of ketones is 1. The average Bonchev–Trinajstić information content (AvgIpc) is 3.68. The number of nitrogens with one attached hydrogen (secondary N) is 2. The Balaban J connectivity index is 0.000000452. The first-order valence-corrected chi connectivity index (χ1v) is 25.7. The summed E-state index contributed by atoms with van der Waals surface area (Å²) in [5.74, 6) is -6.24. The van der Waals surface area contributed by atoms with Crippen molar-refractivity contribution in [2.45, 2.75) is 199 Å². The molecule has 0 aliphatic carbocycles. The molecule has 0 saturated carbocycles. The number of aliphatic hydroxyl groups excluding tert-OH is 2. The summed E-state index contributed by atoms with van der Waals surface area (Å²) in [6.07, 6.45) is 5.22. The molecule has 5 heterocycles. The van der Waals surface area contributed by atoms with Crippen LogP contribution in [0.3, 0.4) is 0 Å². The molecule has 4 saturated heterocycles. The van der Waals surface area contributed by atoms with Crippen LogP contribution in [0.2, 0.25) is 0 Å². The number of ether oxygens (including phenoxy) is 5. The minimum atomic E-state index is -1.37. The molecule has 5 aliphatic rings. The summed E-state index contributed by atoms with van der Waals surface area (Å²) in [6.45, 7) is 19.5. The van der Waals surface area contributed by atoms with Crippen molar-refractivity contribution in [1.29, 1.82) is 0 Å². The molecule has 5 aliphatic heterocycles. The van der Waals surface area contributed by atoms with Crippen LogP contribution in [-0.4, -0.2) is 98.6 Å². The summed E-state index contributed by atoms with van der Waals surface area (Å²) in [7, 11) is 0. The van der Waals surface area contributed by atoms with Gasteiger partial charge in [0, 0.05) is 53.4 Å². The number of aliphatic hydroxyl groups is 3. The van der Waals surface area contributed by atoms with Crippen molar-refractivity contribution in [3.05, 3.63) is 72.8 Å². The molecule has 15 heteroatoms. The standard InChI is InChI=1S/C42H70O11.C13H12N2O.Na/c1-11-29(38(46)47)31-15-14-23(4)36(50-31)27(8)34(44)26(7)35(45)30(12-2)37-24(5)22-25(6)41(51-37)19-16-32(43)42(53-41)21-20-39(10,52-42)33-17-18-40(48,13-3)28(9)49-33;16-13(14-11-7-3-1-4-8-11)15-12-9-5-2-6-10-12;/h16,19,23-34,36-37,43-44,48H,11-15,17-18,20-22H2,1-10H3,(H,46,47);1-10H,(H2,14,15,16);/q;;+1/p-1. The Hall–Kier alpha value is -2.73. The van der Waals surface area contributed by atoms with Crippen LogP contribution < -0.4 is 45.3 Å². The third-order valence-electron chi connectivity index (χ3n) is 16.5. The van der Waals surface area contributed by atoms with Gasteiger partial charge in [-0.1, -0.05) is 91.8 Å². The van der Waals surface area contributed by atoms with E-state index in [-0.39, 0.29) is 71.3 Å². The Morgan fingerprint density at radius 2 is 1.40 bits per heavy atom. The summed E-state index contributed by atoms with van der Waals surface area (Å²) < 4.78 is 33.4.